The van der Waals surface area contributed by atoms with E-state index in [0.717, 1.165) is 0 Å². The van der Waals surface area contributed by atoms with Crippen LogP contribution in [-0.2, 0) is 4.79 Å². The Bertz CT molecular complexity index is 133. The molecule has 0 aliphatic rings. The van der Waals surface area contributed by atoms with Crippen LogP contribution >= 0.6 is 71.0 Å². The molecule has 1 atom stereocenters. The van der Waals surface area contributed by atoms with Gasteiger partial charge in [0, 0.05) is 5.88 Å². The molecule has 1 nitrogen and oxygen atoms in total. The van der Waals surface area contributed by atoms with Crippen LogP contribution in [0.25, 0.3) is 0 Å². The zero-order valence-electron chi connectivity index (χ0n) is 4.58. The van der Waals surface area contributed by atoms with E-state index in [-0.39, 0.29) is 11.7 Å². The van der Waals surface area contributed by atoms with Crippen LogP contribution in [0.15, 0.2) is 0 Å². The molecule has 0 amide bonds. The summed E-state index contributed by atoms with van der Waals surface area (Å²) in [7, 11) is 0. The highest BCUT2D eigenvalue weighted by molar-refractivity contribution is 9.40. The molecule has 0 spiro atoms. The molecule has 6 heteroatoms. The Morgan fingerprint density at radius 1 is 1.50 bits per heavy atom. The first-order chi connectivity index (χ1) is 4.39. The molecule has 10 heavy (non-hydrogen) atoms. The lowest BCUT2D eigenvalue weighted by Crippen LogP contribution is -2.28. The molecule has 0 aromatic rings. The standard InChI is InChI=1S/C4H3Br3Cl2O/c5-4(6,7)3(10)2(9)1-8/h2H,1H2. The van der Waals surface area contributed by atoms with Crippen LogP contribution in [0.3, 0.4) is 0 Å². The van der Waals surface area contributed by atoms with E-state index >= 15 is 0 Å². The molecule has 1 unspecified atom stereocenters. The molecule has 0 heterocycles. The van der Waals surface area contributed by atoms with Gasteiger partial charge in [0.05, 0.1) is 0 Å². The van der Waals surface area contributed by atoms with Gasteiger partial charge in [-0.15, -0.1) is 23.2 Å². The molecule has 0 rings (SSSR count). The lowest BCUT2D eigenvalue weighted by atomic mass is 10.3. The number of alkyl halides is 5. The van der Waals surface area contributed by atoms with Crippen LogP contribution < -0.4 is 0 Å². The molecular formula is C4H3Br3Cl2O. The normalized spacial score (nSPS) is 14.9. The SMILES string of the molecule is O=C(C(Cl)CCl)C(Br)(Br)Br. The summed E-state index contributed by atoms with van der Waals surface area (Å²) in [6, 6.07) is 0. The summed E-state index contributed by atoms with van der Waals surface area (Å²) in [5.41, 5.74) is 0. The van der Waals surface area contributed by atoms with E-state index in [9.17, 15) is 4.79 Å². The minimum Gasteiger partial charge on any atom is -0.294 e. The minimum atomic E-state index is -0.936. The summed E-state index contributed by atoms with van der Waals surface area (Å²) >= 11 is 19.9. The maximum atomic E-state index is 11.0. The first kappa shape index (κ1) is 11.7. The molecule has 0 aliphatic heterocycles. The Labute approximate surface area is 94.2 Å². The Morgan fingerprint density at radius 3 is 2.00 bits per heavy atom. The zero-order valence-corrected chi connectivity index (χ0v) is 10.9. The summed E-state index contributed by atoms with van der Waals surface area (Å²) in [5, 5.41) is -0.681. The van der Waals surface area contributed by atoms with Crippen LogP contribution in [0.5, 0.6) is 0 Å². The number of carbonyl (C=O) groups is 1. The van der Waals surface area contributed by atoms with Crippen LogP contribution in [0.1, 0.15) is 0 Å². The third-order valence-corrected chi connectivity index (χ3v) is 2.69. The quantitative estimate of drug-likeness (QED) is 0.675. The first-order valence-electron chi connectivity index (χ1n) is 2.20. The highest BCUT2D eigenvalue weighted by Crippen LogP contribution is 2.36. The van der Waals surface area contributed by atoms with Gasteiger partial charge >= 0.3 is 0 Å². The van der Waals surface area contributed by atoms with Crippen LogP contribution in [0.2, 0.25) is 0 Å². The average molecular weight is 378 g/mol. The van der Waals surface area contributed by atoms with Gasteiger partial charge in [0.1, 0.15) is 5.38 Å². The Balaban J connectivity index is 4.09. The second-order valence-corrected chi connectivity index (χ2v) is 9.08. The Morgan fingerprint density at radius 2 is 1.90 bits per heavy atom. The summed E-state index contributed by atoms with van der Waals surface area (Å²) in [5.74, 6) is -0.144. The average Bonchev–Trinajstić information content (AvgIpc) is 1.83. The van der Waals surface area contributed by atoms with Crippen molar-refractivity contribution in [2.24, 2.45) is 0 Å². The molecule has 0 aliphatic carbocycles. The smallest absolute Gasteiger partial charge is 0.194 e. The summed E-state index contributed by atoms with van der Waals surface area (Å²) in [6.07, 6.45) is 0. The number of Topliss-reactive ketones (excluding diaryl/α,β-unsaturated/α-hetero) is 1. The summed E-state index contributed by atoms with van der Waals surface area (Å²) < 4.78 is -0.936. The molecule has 0 bridgehead atoms. The van der Waals surface area contributed by atoms with E-state index in [1.807, 2.05) is 0 Å². The van der Waals surface area contributed by atoms with Gasteiger partial charge in [-0.25, -0.2) is 0 Å². The molecule has 0 radical (unpaired) electrons. The topological polar surface area (TPSA) is 17.1 Å². The highest BCUT2D eigenvalue weighted by atomic mass is 80.0. The maximum absolute atomic E-state index is 11.0. The molecule has 0 N–H and O–H groups in total. The fraction of sp³-hybridized carbons (Fsp3) is 0.750. The van der Waals surface area contributed by atoms with Crippen LogP contribution in [0.4, 0.5) is 0 Å². The van der Waals surface area contributed by atoms with E-state index in [1.54, 1.807) is 0 Å². The minimum absolute atomic E-state index is 0.102. The van der Waals surface area contributed by atoms with Crippen LogP contribution in [0, 0.1) is 0 Å². The number of ketones is 1. The molecule has 0 saturated carbocycles. The fourth-order valence-electron chi connectivity index (χ4n) is 0.248. The number of hydrogen-bond acceptors (Lipinski definition) is 1. The Kier molecular flexibility index (Phi) is 5.44. The van der Waals surface area contributed by atoms with Gasteiger partial charge in [-0.1, -0.05) is 47.8 Å². The van der Waals surface area contributed by atoms with Crippen molar-refractivity contribution in [3.63, 3.8) is 0 Å². The van der Waals surface area contributed by atoms with Crippen molar-refractivity contribution >= 4 is 76.8 Å². The van der Waals surface area contributed by atoms with Gasteiger partial charge < -0.3 is 0 Å². The summed E-state index contributed by atoms with van der Waals surface area (Å²) in [4.78, 5) is 11.0. The maximum Gasteiger partial charge on any atom is 0.194 e. The predicted molar refractivity (Wildman–Crippen MR) is 54.9 cm³/mol. The monoisotopic (exact) mass is 374 g/mol. The highest BCUT2D eigenvalue weighted by Gasteiger charge is 2.33. The third kappa shape index (κ3) is 3.90. The van der Waals surface area contributed by atoms with Crippen molar-refractivity contribution < 1.29 is 4.79 Å². The lowest BCUT2D eigenvalue weighted by molar-refractivity contribution is -0.116. The molecule has 0 fully saturated rings. The van der Waals surface area contributed by atoms with Crippen molar-refractivity contribution in [3.05, 3.63) is 0 Å². The first-order valence-corrected chi connectivity index (χ1v) is 5.55. The van der Waals surface area contributed by atoms with Gasteiger partial charge in [0.2, 0.25) is 0 Å². The van der Waals surface area contributed by atoms with Gasteiger partial charge in [0.25, 0.3) is 0 Å². The molecule has 0 aromatic carbocycles. The van der Waals surface area contributed by atoms with E-state index in [2.05, 4.69) is 47.8 Å². The van der Waals surface area contributed by atoms with Gasteiger partial charge in [-0.3, -0.25) is 4.79 Å². The third-order valence-electron chi connectivity index (χ3n) is 0.699. The fourth-order valence-corrected chi connectivity index (χ4v) is 1.78. The van der Waals surface area contributed by atoms with Gasteiger partial charge in [-0.05, 0) is 0 Å². The largest absolute Gasteiger partial charge is 0.294 e. The molecule has 60 valence electrons. The second kappa shape index (κ2) is 4.65. The molecular weight excluding hydrogens is 375 g/mol. The molecule has 0 aromatic heterocycles. The number of hydrogen-bond donors (Lipinski definition) is 0. The Hall–Kier alpha value is 1.69. The number of halogens is 5. The van der Waals surface area contributed by atoms with Crippen molar-refractivity contribution in [1.82, 2.24) is 0 Å². The number of carbonyl (C=O) groups excluding carboxylic acids is 1. The van der Waals surface area contributed by atoms with E-state index < -0.39 is 7.52 Å². The van der Waals surface area contributed by atoms with Crippen molar-refractivity contribution in [1.29, 1.82) is 0 Å². The predicted octanol–water partition coefficient (Wildman–Crippen LogP) is 3.24. The van der Waals surface area contributed by atoms with Crippen molar-refractivity contribution in [2.45, 2.75) is 7.52 Å². The zero-order chi connectivity index (χ0) is 8.36. The summed E-state index contributed by atoms with van der Waals surface area (Å²) in [6.45, 7) is 0. The van der Waals surface area contributed by atoms with Crippen molar-refractivity contribution in [2.75, 3.05) is 5.88 Å². The number of rotatable bonds is 2. The van der Waals surface area contributed by atoms with Gasteiger partial charge in [-0.2, -0.15) is 0 Å². The second-order valence-electron chi connectivity index (χ2n) is 1.48. The van der Waals surface area contributed by atoms with Crippen molar-refractivity contribution in [3.8, 4) is 0 Å². The van der Waals surface area contributed by atoms with E-state index in [4.69, 9.17) is 23.2 Å². The van der Waals surface area contributed by atoms with E-state index in [0.29, 0.717) is 0 Å². The lowest BCUT2D eigenvalue weighted by Gasteiger charge is -2.12. The molecule has 0 saturated heterocycles. The van der Waals surface area contributed by atoms with E-state index in [1.165, 1.54) is 0 Å². The van der Waals surface area contributed by atoms with Crippen LogP contribution in [-0.4, -0.2) is 19.2 Å². The van der Waals surface area contributed by atoms with Gasteiger partial charge in [0.15, 0.2) is 7.93 Å².